The molecule has 0 aromatic carbocycles. The fourth-order valence-corrected chi connectivity index (χ4v) is 6.25. The van der Waals surface area contributed by atoms with Crippen LogP contribution in [0.4, 0.5) is 0 Å². The van der Waals surface area contributed by atoms with Gasteiger partial charge in [-0.1, -0.05) is 103 Å². The number of sulfone groups is 1. The van der Waals surface area contributed by atoms with Crippen LogP contribution in [0.15, 0.2) is 0 Å². The zero-order valence-corrected chi connectivity index (χ0v) is 21.2. The number of unbranched alkanes of at least 4 members (excludes halogenated alkanes) is 15. The van der Waals surface area contributed by atoms with E-state index in [1.807, 2.05) is 0 Å². The first-order valence-corrected chi connectivity index (χ1v) is 15.0. The maximum atomic E-state index is 11.5. The van der Waals surface area contributed by atoms with E-state index in [9.17, 15) is 8.42 Å². The number of nitrogens with one attached hydrogen (secondary N) is 2. The lowest BCUT2D eigenvalue weighted by Crippen LogP contribution is -2.38. The fraction of sp³-hybridized carbons (Fsp3) is 0.958. The third kappa shape index (κ3) is 16.3. The summed E-state index contributed by atoms with van der Waals surface area (Å²) in [4.78, 5) is 0. The summed E-state index contributed by atoms with van der Waals surface area (Å²) in [5, 5.41) is 7.09. The van der Waals surface area contributed by atoms with E-state index in [0.717, 1.165) is 19.4 Å². The number of hydrogen-bond acceptors (Lipinski definition) is 3. The molecule has 0 amide bonds. The van der Waals surface area contributed by atoms with Crippen LogP contribution < -0.4 is 10.6 Å². The zero-order chi connectivity index (χ0) is 21.9. The Hall–Kier alpha value is -0.360. The van der Waals surface area contributed by atoms with Crippen molar-refractivity contribution in [2.24, 2.45) is 5.92 Å². The highest BCUT2D eigenvalue weighted by Crippen LogP contribution is 2.17. The van der Waals surface area contributed by atoms with Crippen molar-refractivity contribution in [1.29, 1.82) is 0 Å². The predicted octanol–water partition coefficient (Wildman–Crippen LogP) is 6.15. The molecule has 178 valence electrons. The van der Waals surface area contributed by atoms with Crippen LogP contribution in [0, 0.1) is 5.92 Å². The van der Waals surface area contributed by atoms with Gasteiger partial charge in [0.05, 0.1) is 11.5 Å². The van der Waals surface area contributed by atoms with Gasteiger partial charge in [-0.25, -0.2) is 8.42 Å². The smallest absolute Gasteiger partial charge is 0.166 e. The number of rotatable bonds is 19. The first-order chi connectivity index (χ1) is 14.5. The Kier molecular flexibility index (Phi) is 16.8. The maximum absolute atomic E-state index is 11.5. The molecule has 4 nitrogen and oxygen atoms in total. The van der Waals surface area contributed by atoms with Crippen molar-refractivity contribution in [3.63, 3.8) is 0 Å². The van der Waals surface area contributed by atoms with E-state index in [2.05, 4.69) is 17.6 Å². The molecule has 1 heterocycles. The average molecular weight is 461 g/mol. The molecule has 1 fully saturated rings. The Morgan fingerprint density at radius 3 is 1.67 bits per heavy atom. The zero-order valence-electron chi connectivity index (χ0n) is 19.6. The van der Waals surface area contributed by atoms with Gasteiger partial charge in [0.2, 0.25) is 0 Å². The summed E-state index contributed by atoms with van der Waals surface area (Å²) in [5.41, 5.74) is 0. The van der Waals surface area contributed by atoms with Crippen molar-refractivity contribution in [3.05, 3.63) is 0 Å². The van der Waals surface area contributed by atoms with Crippen molar-refractivity contribution in [2.75, 3.05) is 24.6 Å². The van der Waals surface area contributed by atoms with Crippen LogP contribution in [0.5, 0.6) is 0 Å². The molecule has 1 atom stereocenters. The molecule has 0 aromatic rings. The summed E-state index contributed by atoms with van der Waals surface area (Å²) < 4.78 is 22.9. The highest BCUT2D eigenvalue weighted by Gasteiger charge is 2.27. The molecule has 1 aliphatic rings. The molecule has 30 heavy (non-hydrogen) atoms. The van der Waals surface area contributed by atoms with Gasteiger partial charge in [-0.3, -0.25) is 0 Å². The minimum absolute atomic E-state index is 0.213. The summed E-state index contributed by atoms with van der Waals surface area (Å²) in [6.07, 6.45) is 22.9. The molecule has 0 aliphatic carbocycles. The molecular weight excluding hydrogens is 412 g/mol. The quantitative estimate of drug-likeness (QED) is 0.179. The lowest BCUT2D eigenvalue weighted by Gasteiger charge is -2.13. The average Bonchev–Trinajstić information content (AvgIpc) is 3.07. The van der Waals surface area contributed by atoms with Gasteiger partial charge in [0.15, 0.2) is 14.9 Å². The molecule has 0 radical (unpaired) electrons. The van der Waals surface area contributed by atoms with Gasteiger partial charge in [-0.2, -0.15) is 0 Å². The largest absolute Gasteiger partial charge is 0.363 e. The second-order valence-corrected chi connectivity index (χ2v) is 11.8. The summed E-state index contributed by atoms with van der Waals surface area (Å²) >= 11 is 5.28. The molecule has 0 aromatic heterocycles. The Morgan fingerprint density at radius 1 is 0.767 bits per heavy atom. The monoisotopic (exact) mass is 460 g/mol. The standard InChI is InChI=1S/C24H48N2O2S2/c1-2-3-4-5-6-7-8-9-10-11-12-13-14-15-16-17-19-25-24(29)26-21-23-18-20-30(27,28)22-23/h23H,2-22H2,1H3,(H2,25,26,29). The van der Waals surface area contributed by atoms with E-state index in [1.54, 1.807) is 0 Å². The van der Waals surface area contributed by atoms with Crippen LogP contribution in [-0.4, -0.2) is 38.1 Å². The predicted molar refractivity (Wildman–Crippen MR) is 135 cm³/mol. The molecule has 1 unspecified atom stereocenters. The van der Waals surface area contributed by atoms with Crippen LogP contribution in [0.3, 0.4) is 0 Å². The summed E-state index contributed by atoms with van der Waals surface area (Å²) in [6, 6.07) is 0. The van der Waals surface area contributed by atoms with Crippen molar-refractivity contribution >= 4 is 27.2 Å². The van der Waals surface area contributed by atoms with Crippen molar-refractivity contribution in [3.8, 4) is 0 Å². The molecule has 0 bridgehead atoms. The van der Waals surface area contributed by atoms with E-state index in [0.29, 0.717) is 23.2 Å². The van der Waals surface area contributed by atoms with Crippen molar-refractivity contribution in [1.82, 2.24) is 10.6 Å². The van der Waals surface area contributed by atoms with Gasteiger partial charge in [0, 0.05) is 13.1 Å². The van der Waals surface area contributed by atoms with Gasteiger partial charge in [0.25, 0.3) is 0 Å². The van der Waals surface area contributed by atoms with Gasteiger partial charge in [-0.05, 0) is 31.0 Å². The van der Waals surface area contributed by atoms with Crippen molar-refractivity contribution < 1.29 is 8.42 Å². The molecule has 1 rings (SSSR count). The van der Waals surface area contributed by atoms with Crippen LogP contribution in [-0.2, 0) is 9.84 Å². The topological polar surface area (TPSA) is 58.2 Å². The molecule has 0 spiro atoms. The molecule has 6 heteroatoms. The molecule has 2 N–H and O–H groups in total. The third-order valence-electron chi connectivity index (χ3n) is 6.19. The van der Waals surface area contributed by atoms with E-state index in [-0.39, 0.29) is 5.92 Å². The van der Waals surface area contributed by atoms with Gasteiger partial charge < -0.3 is 10.6 Å². The van der Waals surface area contributed by atoms with Gasteiger partial charge in [-0.15, -0.1) is 0 Å². The number of hydrogen-bond donors (Lipinski definition) is 2. The Morgan fingerprint density at radius 2 is 1.23 bits per heavy atom. The van der Waals surface area contributed by atoms with E-state index in [4.69, 9.17) is 12.2 Å². The normalized spacial score (nSPS) is 17.8. The Bertz CT molecular complexity index is 523. The highest BCUT2D eigenvalue weighted by molar-refractivity contribution is 7.91. The van der Waals surface area contributed by atoms with Crippen molar-refractivity contribution in [2.45, 2.75) is 116 Å². The van der Waals surface area contributed by atoms with Crippen LogP contribution in [0.2, 0.25) is 0 Å². The van der Waals surface area contributed by atoms with E-state index >= 15 is 0 Å². The van der Waals surface area contributed by atoms with Crippen LogP contribution in [0.25, 0.3) is 0 Å². The summed E-state index contributed by atoms with van der Waals surface area (Å²) in [7, 11) is -2.79. The van der Waals surface area contributed by atoms with Gasteiger partial charge in [0.1, 0.15) is 0 Å². The third-order valence-corrected chi connectivity index (χ3v) is 8.32. The first-order valence-electron chi connectivity index (χ1n) is 12.8. The van der Waals surface area contributed by atoms with Crippen LogP contribution >= 0.6 is 12.2 Å². The Labute approximate surface area is 192 Å². The van der Waals surface area contributed by atoms with E-state index < -0.39 is 9.84 Å². The maximum Gasteiger partial charge on any atom is 0.166 e. The first kappa shape index (κ1) is 27.7. The highest BCUT2D eigenvalue weighted by atomic mass is 32.2. The lowest BCUT2D eigenvalue weighted by atomic mass is 10.0. The SMILES string of the molecule is CCCCCCCCCCCCCCCCCCNC(=S)NCC1CCS(=O)(=O)C1. The molecule has 0 saturated carbocycles. The summed E-state index contributed by atoms with van der Waals surface area (Å²) in [6.45, 7) is 3.86. The minimum atomic E-state index is -2.79. The lowest BCUT2D eigenvalue weighted by molar-refractivity contribution is 0.528. The molecule has 1 aliphatic heterocycles. The Balaban J connectivity index is 1.75. The minimum Gasteiger partial charge on any atom is -0.363 e. The molecule has 1 saturated heterocycles. The van der Waals surface area contributed by atoms with E-state index in [1.165, 1.54) is 96.3 Å². The van der Waals surface area contributed by atoms with Crippen LogP contribution in [0.1, 0.15) is 116 Å². The molecular formula is C24H48N2O2S2. The summed E-state index contributed by atoms with van der Waals surface area (Å²) in [5.74, 6) is 0.853. The second kappa shape index (κ2) is 18.2. The number of thiocarbonyl (C=S) groups is 1. The van der Waals surface area contributed by atoms with Gasteiger partial charge >= 0.3 is 0 Å². The fourth-order valence-electron chi connectivity index (χ4n) is 4.21. The second-order valence-electron chi connectivity index (χ2n) is 9.21.